The van der Waals surface area contributed by atoms with Gasteiger partial charge in [-0.3, -0.25) is 0 Å². The van der Waals surface area contributed by atoms with E-state index in [-0.39, 0.29) is 0 Å². The van der Waals surface area contributed by atoms with E-state index < -0.39 is 0 Å². The van der Waals surface area contributed by atoms with E-state index in [1.807, 2.05) is 24.3 Å². The number of nitrogen functional groups attached to an aromatic ring is 1. The van der Waals surface area contributed by atoms with Gasteiger partial charge in [0.1, 0.15) is 0 Å². The monoisotopic (exact) mass is 226 g/mol. The maximum atomic E-state index is 5.65. The zero-order chi connectivity index (χ0) is 12.1. The SMILES string of the molecule is CCCc1ccc(Nc2ccc(N)cc2)cc1. The standard InChI is InChI=1S/C15H18N2/c1-2-3-12-4-8-14(9-5-12)17-15-10-6-13(16)7-11-15/h4-11,17H,2-3,16H2,1H3. The second kappa shape index (κ2) is 5.39. The number of nitrogens with two attached hydrogens (primary N) is 1. The molecule has 0 unspecified atom stereocenters. The van der Waals surface area contributed by atoms with Crippen molar-refractivity contribution < 1.29 is 0 Å². The van der Waals surface area contributed by atoms with Gasteiger partial charge in [0.25, 0.3) is 0 Å². The van der Waals surface area contributed by atoms with E-state index in [9.17, 15) is 0 Å². The number of hydrogen-bond donors (Lipinski definition) is 2. The number of aryl methyl sites for hydroxylation is 1. The van der Waals surface area contributed by atoms with Crippen LogP contribution in [0.2, 0.25) is 0 Å². The lowest BCUT2D eigenvalue weighted by Gasteiger charge is -2.07. The van der Waals surface area contributed by atoms with Crippen molar-refractivity contribution in [2.45, 2.75) is 19.8 Å². The summed E-state index contributed by atoms with van der Waals surface area (Å²) in [6.07, 6.45) is 2.33. The van der Waals surface area contributed by atoms with E-state index >= 15 is 0 Å². The molecule has 0 aliphatic heterocycles. The molecule has 88 valence electrons. The molecule has 0 amide bonds. The zero-order valence-electron chi connectivity index (χ0n) is 10.1. The van der Waals surface area contributed by atoms with Crippen molar-refractivity contribution in [2.24, 2.45) is 0 Å². The van der Waals surface area contributed by atoms with Crippen LogP contribution in [0, 0.1) is 0 Å². The van der Waals surface area contributed by atoms with Gasteiger partial charge in [-0.15, -0.1) is 0 Å². The van der Waals surface area contributed by atoms with Crippen LogP contribution in [0.5, 0.6) is 0 Å². The normalized spacial score (nSPS) is 10.2. The van der Waals surface area contributed by atoms with Crippen LogP contribution in [-0.4, -0.2) is 0 Å². The van der Waals surface area contributed by atoms with E-state index in [4.69, 9.17) is 5.73 Å². The molecule has 0 aliphatic rings. The van der Waals surface area contributed by atoms with E-state index in [0.717, 1.165) is 23.5 Å². The average Bonchev–Trinajstić information content (AvgIpc) is 2.35. The predicted molar refractivity (Wildman–Crippen MR) is 74.6 cm³/mol. The molecular weight excluding hydrogens is 208 g/mol. The minimum atomic E-state index is 0.786. The Bertz CT molecular complexity index is 457. The minimum absolute atomic E-state index is 0.786. The summed E-state index contributed by atoms with van der Waals surface area (Å²) < 4.78 is 0. The van der Waals surface area contributed by atoms with Crippen LogP contribution in [0.15, 0.2) is 48.5 Å². The third-order valence-electron chi connectivity index (χ3n) is 2.69. The molecule has 0 aliphatic carbocycles. The molecule has 0 atom stereocenters. The smallest absolute Gasteiger partial charge is 0.0385 e. The summed E-state index contributed by atoms with van der Waals surface area (Å²) in [7, 11) is 0. The molecule has 0 saturated heterocycles. The van der Waals surface area contributed by atoms with Gasteiger partial charge in [-0.25, -0.2) is 0 Å². The van der Waals surface area contributed by atoms with Crippen LogP contribution < -0.4 is 11.1 Å². The first kappa shape index (κ1) is 11.5. The Balaban J connectivity index is 2.05. The van der Waals surface area contributed by atoms with E-state index in [1.54, 1.807) is 0 Å². The Hall–Kier alpha value is -1.96. The van der Waals surface area contributed by atoms with E-state index in [2.05, 4.69) is 36.5 Å². The first-order valence-electron chi connectivity index (χ1n) is 5.99. The van der Waals surface area contributed by atoms with Crippen LogP contribution in [0.25, 0.3) is 0 Å². The number of rotatable bonds is 4. The van der Waals surface area contributed by atoms with Crippen molar-refractivity contribution in [1.29, 1.82) is 0 Å². The summed E-state index contributed by atoms with van der Waals surface area (Å²) in [5, 5.41) is 3.34. The van der Waals surface area contributed by atoms with Gasteiger partial charge in [-0.2, -0.15) is 0 Å². The van der Waals surface area contributed by atoms with Crippen molar-refractivity contribution >= 4 is 17.1 Å². The van der Waals surface area contributed by atoms with Gasteiger partial charge in [-0.1, -0.05) is 25.5 Å². The van der Waals surface area contributed by atoms with Gasteiger partial charge in [0.15, 0.2) is 0 Å². The summed E-state index contributed by atoms with van der Waals surface area (Å²) in [4.78, 5) is 0. The van der Waals surface area contributed by atoms with E-state index in [0.29, 0.717) is 0 Å². The van der Waals surface area contributed by atoms with Gasteiger partial charge in [-0.05, 0) is 48.4 Å². The lowest BCUT2D eigenvalue weighted by atomic mass is 10.1. The molecule has 17 heavy (non-hydrogen) atoms. The Morgan fingerprint density at radius 3 is 1.94 bits per heavy atom. The summed E-state index contributed by atoms with van der Waals surface area (Å²) in [5.41, 5.74) is 9.98. The number of anilines is 3. The molecule has 2 aromatic carbocycles. The van der Waals surface area contributed by atoms with Gasteiger partial charge in [0.2, 0.25) is 0 Å². The number of benzene rings is 2. The van der Waals surface area contributed by atoms with Crippen molar-refractivity contribution in [1.82, 2.24) is 0 Å². The zero-order valence-corrected chi connectivity index (χ0v) is 10.1. The maximum Gasteiger partial charge on any atom is 0.0385 e. The Kier molecular flexibility index (Phi) is 3.66. The first-order valence-corrected chi connectivity index (χ1v) is 5.99. The Morgan fingerprint density at radius 1 is 0.882 bits per heavy atom. The van der Waals surface area contributed by atoms with Gasteiger partial charge in [0.05, 0.1) is 0 Å². The van der Waals surface area contributed by atoms with Crippen molar-refractivity contribution in [3.05, 3.63) is 54.1 Å². The summed E-state index contributed by atoms with van der Waals surface area (Å²) in [6, 6.07) is 16.3. The van der Waals surface area contributed by atoms with E-state index in [1.165, 1.54) is 12.0 Å². The van der Waals surface area contributed by atoms with Crippen molar-refractivity contribution in [3.63, 3.8) is 0 Å². The van der Waals surface area contributed by atoms with Crippen LogP contribution >= 0.6 is 0 Å². The Morgan fingerprint density at radius 2 is 1.41 bits per heavy atom. The second-order valence-corrected chi connectivity index (χ2v) is 4.19. The molecule has 0 bridgehead atoms. The number of hydrogen-bond acceptors (Lipinski definition) is 2. The molecular formula is C15H18N2. The topological polar surface area (TPSA) is 38.0 Å². The molecule has 0 heterocycles. The van der Waals surface area contributed by atoms with Crippen LogP contribution in [0.3, 0.4) is 0 Å². The summed E-state index contributed by atoms with van der Waals surface area (Å²) >= 11 is 0. The lowest BCUT2D eigenvalue weighted by molar-refractivity contribution is 0.922. The highest BCUT2D eigenvalue weighted by Crippen LogP contribution is 2.18. The quantitative estimate of drug-likeness (QED) is 0.774. The highest BCUT2D eigenvalue weighted by Gasteiger charge is 1.95. The molecule has 0 spiro atoms. The van der Waals surface area contributed by atoms with Gasteiger partial charge >= 0.3 is 0 Å². The summed E-state index contributed by atoms with van der Waals surface area (Å²) in [5.74, 6) is 0. The molecule has 2 heteroatoms. The lowest BCUT2D eigenvalue weighted by Crippen LogP contribution is -1.91. The molecule has 0 saturated carbocycles. The van der Waals surface area contributed by atoms with Crippen molar-refractivity contribution in [2.75, 3.05) is 11.1 Å². The highest BCUT2D eigenvalue weighted by atomic mass is 14.9. The third kappa shape index (κ3) is 3.25. The van der Waals surface area contributed by atoms with Gasteiger partial charge < -0.3 is 11.1 Å². The van der Waals surface area contributed by atoms with Crippen molar-refractivity contribution in [3.8, 4) is 0 Å². The predicted octanol–water partition coefficient (Wildman–Crippen LogP) is 3.96. The van der Waals surface area contributed by atoms with Crippen LogP contribution in [-0.2, 0) is 6.42 Å². The molecule has 2 rings (SSSR count). The largest absolute Gasteiger partial charge is 0.399 e. The fraction of sp³-hybridized carbons (Fsp3) is 0.200. The molecule has 3 N–H and O–H groups in total. The fourth-order valence-electron chi connectivity index (χ4n) is 1.78. The number of nitrogens with one attached hydrogen (secondary N) is 1. The average molecular weight is 226 g/mol. The van der Waals surface area contributed by atoms with Crippen LogP contribution in [0.4, 0.5) is 17.1 Å². The molecule has 0 aromatic heterocycles. The Labute approximate surface area is 102 Å². The van der Waals surface area contributed by atoms with Gasteiger partial charge in [0, 0.05) is 17.1 Å². The van der Waals surface area contributed by atoms with Crippen LogP contribution in [0.1, 0.15) is 18.9 Å². The molecule has 2 nitrogen and oxygen atoms in total. The fourth-order valence-corrected chi connectivity index (χ4v) is 1.78. The molecule has 0 radical (unpaired) electrons. The molecule has 2 aromatic rings. The third-order valence-corrected chi connectivity index (χ3v) is 2.69. The summed E-state index contributed by atoms with van der Waals surface area (Å²) in [6.45, 7) is 2.19. The molecule has 0 fully saturated rings. The second-order valence-electron chi connectivity index (χ2n) is 4.19. The maximum absolute atomic E-state index is 5.65. The highest BCUT2D eigenvalue weighted by molar-refractivity contribution is 5.61. The first-order chi connectivity index (χ1) is 8.28. The minimum Gasteiger partial charge on any atom is -0.399 e.